The summed E-state index contributed by atoms with van der Waals surface area (Å²) < 4.78 is 56.4. The van der Waals surface area contributed by atoms with Gasteiger partial charge in [0.25, 0.3) is 5.56 Å². The largest absolute Gasteiger partial charge is 0.385 e. The van der Waals surface area contributed by atoms with E-state index in [1.807, 2.05) is 0 Å². The molecule has 5 nitrogen and oxygen atoms in total. The zero-order valence-corrected chi connectivity index (χ0v) is 13.4. The van der Waals surface area contributed by atoms with Gasteiger partial charge in [-0.1, -0.05) is 0 Å². The molecule has 0 aliphatic carbocycles. The van der Waals surface area contributed by atoms with Crippen LogP contribution in [0.5, 0.6) is 0 Å². The summed E-state index contributed by atoms with van der Waals surface area (Å²) in [6.07, 6.45) is 0. The average molecular weight is 374 g/mol. The first-order valence-corrected chi connectivity index (χ1v) is 7.67. The minimum atomic E-state index is -0.975. The molecule has 0 saturated carbocycles. The van der Waals surface area contributed by atoms with Crippen molar-refractivity contribution in [3.05, 3.63) is 76.1 Å². The van der Waals surface area contributed by atoms with E-state index in [9.17, 15) is 22.4 Å². The fourth-order valence-corrected chi connectivity index (χ4v) is 2.88. The molecule has 0 amide bonds. The number of rotatable bonds is 2. The smallest absolute Gasteiger partial charge is 0.261 e. The minimum absolute atomic E-state index is 0.00486. The number of nitrogens with zero attached hydrogens (tertiary/aromatic N) is 2. The van der Waals surface area contributed by atoms with Crippen LogP contribution < -0.4 is 11.3 Å². The average Bonchev–Trinajstić information content (AvgIpc) is 2.94. The van der Waals surface area contributed by atoms with Gasteiger partial charge in [-0.25, -0.2) is 26.9 Å². The highest BCUT2D eigenvalue weighted by Crippen LogP contribution is 2.34. The van der Waals surface area contributed by atoms with Gasteiger partial charge in [0.15, 0.2) is 0 Å². The Labute approximate surface area is 148 Å². The number of nitrogens with one attached hydrogen (secondary N) is 1. The molecule has 4 aromatic rings. The van der Waals surface area contributed by atoms with Crippen LogP contribution in [0, 0.1) is 23.3 Å². The van der Waals surface area contributed by atoms with Crippen LogP contribution in [0.2, 0.25) is 0 Å². The van der Waals surface area contributed by atoms with Gasteiger partial charge in [0.1, 0.15) is 34.8 Å². The summed E-state index contributed by atoms with van der Waals surface area (Å²) in [6, 6.07) is 6.54. The Kier molecular flexibility index (Phi) is 3.72. The number of hydrogen-bond acceptors (Lipinski definition) is 3. The van der Waals surface area contributed by atoms with E-state index >= 15 is 0 Å². The maximum absolute atomic E-state index is 14.4. The summed E-state index contributed by atoms with van der Waals surface area (Å²) in [4.78, 5) is 19.2. The Morgan fingerprint density at radius 1 is 0.889 bits per heavy atom. The fourth-order valence-electron chi connectivity index (χ4n) is 2.88. The third kappa shape index (κ3) is 2.73. The van der Waals surface area contributed by atoms with E-state index in [4.69, 9.17) is 5.73 Å². The maximum Gasteiger partial charge on any atom is 0.261 e. The Balaban J connectivity index is 2.16. The van der Waals surface area contributed by atoms with Gasteiger partial charge >= 0.3 is 0 Å². The van der Waals surface area contributed by atoms with E-state index in [2.05, 4.69) is 9.97 Å². The number of hydrogen-bond donors (Lipinski definition) is 2. The summed E-state index contributed by atoms with van der Waals surface area (Å²) in [5, 5.41) is 0. The number of fused-ring (bicyclic) bond motifs is 1. The molecule has 27 heavy (non-hydrogen) atoms. The van der Waals surface area contributed by atoms with Crippen LogP contribution >= 0.6 is 0 Å². The van der Waals surface area contributed by atoms with Crippen LogP contribution in [0.4, 0.5) is 23.4 Å². The zero-order valence-electron chi connectivity index (χ0n) is 13.4. The number of nitrogens with two attached hydrogens (primary N) is 1. The van der Waals surface area contributed by atoms with Crippen molar-refractivity contribution >= 4 is 11.6 Å². The molecule has 0 fully saturated rings. The first-order valence-electron chi connectivity index (χ1n) is 7.67. The summed E-state index contributed by atoms with van der Waals surface area (Å²) >= 11 is 0. The van der Waals surface area contributed by atoms with Crippen LogP contribution in [0.15, 0.2) is 47.3 Å². The molecular formula is C18H10F4N4O. The van der Waals surface area contributed by atoms with Crippen LogP contribution in [0.25, 0.3) is 28.3 Å². The van der Waals surface area contributed by atoms with Gasteiger partial charge in [0.2, 0.25) is 5.78 Å². The molecule has 0 radical (unpaired) electrons. The van der Waals surface area contributed by atoms with Crippen molar-refractivity contribution in [2.24, 2.45) is 0 Å². The quantitative estimate of drug-likeness (QED) is 0.528. The predicted molar refractivity (Wildman–Crippen MR) is 90.9 cm³/mol. The molecule has 3 N–H and O–H groups in total. The van der Waals surface area contributed by atoms with Gasteiger partial charge in [0.05, 0.1) is 5.69 Å². The first-order chi connectivity index (χ1) is 12.8. The highest BCUT2D eigenvalue weighted by atomic mass is 19.1. The molecule has 9 heteroatoms. The predicted octanol–water partition coefficient (Wildman–Crippen LogP) is 3.50. The molecule has 0 saturated heterocycles. The number of halogens is 4. The summed E-state index contributed by atoms with van der Waals surface area (Å²) in [7, 11) is 0. The second-order valence-electron chi connectivity index (χ2n) is 5.78. The second kappa shape index (κ2) is 5.97. The van der Waals surface area contributed by atoms with Crippen LogP contribution in [-0.4, -0.2) is 14.4 Å². The Morgan fingerprint density at radius 3 is 2.07 bits per heavy atom. The maximum atomic E-state index is 14.4. The fraction of sp³-hybridized carbons (Fsp3) is 0. The third-order valence-electron chi connectivity index (χ3n) is 4.01. The molecule has 136 valence electrons. The second-order valence-corrected chi connectivity index (χ2v) is 5.78. The van der Waals surface area contributed by atoms with E-state index in [-0.39, 0.29) is 34.1 Å². The lowest BCUT2D eigenvalue weighted by Gasteiger charge is -2.07. The highest BCUT2D eigenvalue weighted by Gasteiger charge is 2.23. The Hall–Kier alpha value is -3.62. The lowest BCUT2D eigenvalue weighted by Crippen LogP contribution is -2.15. The van der Waals surface area contributed by atoms with Crippen molar-refractivity contribution in [1.29, 1.82) is 0 Å². The molecule has 0 aliphatic heterocycles. The molecule has 0 aliphatic rings. The van der Waals surface area contributed by atoms with Crippen molar-refractivity contribution in [3.8, 4) is 22.5 Å². The van der Waals surface area contributed by atoms with Gasteiger partial charge in [-0.2, -0.15) is 0 Å². The van der Waals surface area contributed by atoms with Crippen molar-refractivity contribution in [2.45, 2.75) is 0 Å². The summed E-state index contributed by atoms with van der Waals surface area (Å²) in [5.74, 6) is -3.64. The lowest BCUT2D eigenvalue weighted by molar-refractivity contribution is 0.583. The van der Waals surface area contributed by atoms with Gasteiger partial charge in [0, 0.05) is 29.3 Å². The Morgan fingerprint density at radius 2 is 1.48 bits per heavy atom. The highest BCUT2D eigenvalue weighted by molar-refractivity contribution is 5.82. The van der Waals surface area contributed by atoms with Crippen molar-refractivity contribution < 1.29 is 17.6 Å². The van der Waals surface area contributed by atoms with E-state index < -0.39 is 28.8 Å². The van der Waals surface area contributed by atoms with Crippen molar-refractivity contribution in [1.82, 2.24) is 14.4 Å². The minimum Gasteiger partial charge on any atom is -0.385 e. The van der Waals surface area contributed by atoms with Crippen LogP contribution in [0.3, 0.4) is 0 Å². The van der Waals surface area contributed by atoms with E-state index in [0.717, 1.165) is 34.7 Å². The number of anilines is 1. The summed E-state index contributed by atoms with van der Waals surface area (Å²) in [5.41, 5.74) is 4.36. The van der Waals surface area contributed by atoms with Crippen molar-refractivity contribution in [3.63, 3.8) is 0 Å². The third-order valence-corrected chi connectivity index (χ3v) is 4.01. The molecule has 0 atom stereocenters. The number of aromatic nitrogens is 3. The number of imidazole rings is 1. The van der Waals surface area contributed by atoms with Gasteiger partial charge in [-0.05, 0) is 24.3 Å². The van der Waals surface area contributed by atoms with Crippen LogP contribution in [-0.2, 0) is 0 Å². The topological polar surface area (TPSA) is 76.2 Å². The number of aromatic amines is 1. The molecular weight excluding hydrogens is 364 g/mol. The molecule has 2 heterocycles. The number of nitrogen functional groups attached to an aromatic ring is 1. The standard InChI is InChI=1S/C18H10F4N4O/c19-8-1-3-10(12(21)5-8)16-17(11-4-2-9(20)6-13(11)22)26-15(27)7-14(23)24-18(26)25-16/h1-7H,23H2,(H,24,25). The Bertz CT molecular complexity index is 1260. The molecule has 0 spiro atoms. The van der Waals surface area contributed by atoms with E-state index in [0.29, 0.717) is 12.1 Å². The van der Waals surface area contributed by atoms with Gasteiger partial charge < -0.3 is 10.7 Å². The number of benzene rings is 2. The number of H-pyrrole nitrogens is 1. The SMILES string of the molecule is Nc1cc(=O)n2c(-c3ccc(F)cc3F)c(-c3ccc(F)cc3F)nc2[nH]1. The molecule has 2 aromatic carbocycles. The molecule has 0 unspecified atom stereocenters. The molecule has 4 rings (SSSR count). The van der Waals surface area contributed by atoms with Crippen molar-refractivity contribution in [2.75, 3.05) is 5.73 Å². The zero-order chi connectivity index (χ0) is 19.3. The summed E-state index contributed by atoms with van der Waals surface area (Å²) in [6.45, 7) is 0. The van der Waals surface area contributed by atoms with E-state index in [1.54, 1.807) is 0 Å². The normalized spacial score (nSPS) is 11.3. The van der Waals surface area contributed by atoms with Gasteiger partial charge in [-0.15, -0.1) is 0 Å². The van der Waals surface area contributed by atoms with Gasteiger partial charge in [-0.3, -0.25) is 4.79 Å². The molecule has 0 bridgehead atoms. The molecule has 2 aromatic heterocycles. The monoisotopic (exact) mass is 374 g/mol. The first kappa shape index (κ1) is 16.8. The lowest BCUT2D eigenvalue weighted by atomic mass is 10.0. The van der Waals surface area contributed by atoms with E-state index in [1.165, 1.54) is 0 Å². The van der Waals surface area contributed by atoms with Crippen LogP contribution in [0.1, 0.15) is 0 Å².